The smallest absolute Gasteiger partial charge is 0.242 e. The lowest BCUT2D eigenvalue weighted by Gasteiger charge is -2.08. The first kappa shape index (κ1) is 8.77. The van der Waals surface area contributed by atoms with Crippen molar-refractivity contribution in [1.29, 1.82) is 0 Å². The predicted molar refractivity (Wildman–Crippen MR) is 44.4 cm³/mol. The molecule has 4 nitrogen and oxygen atoms in total. The Morgan fingerprint density at radius 2 is 2.58 bits per heavy atom. The molecule has 1 aliphatic heterocycles. The predicted octanol–water partition coefficient (Wildman–Crippen LogP) is -0.433. The monoisotopic (exact) mass is 168 g/mol. The van der Waals surface area contributed by atoms with Crippen LogP contribution in [0.3, 0.4) is 0 Å². The van der Waals surface area contributed by atoms with E-state index in [2.05, 4.69) is 17.2 Å². The number of nitrogens with one attached hydrogen (secondary N) is 2. The standard InChI is InChI=1S/C8H12N2O2/c1-2-5-9-8(12)6-3-4-7(11)10-6/h2,6H,1,3-5H2,(H,9,12)(H,10,11)/t6-/m1/s1. The van der Waals surface area contributed by atoms with Gasteiger partial charge < -0.3 is 10.6 Å². The van der Waals surface area contributed by atoms with Crippen molar-refractivity contribution in [2.24, 2.45) is 0 Å². The van der Waals surface area contributed by atoms with Gasteiger partial charge in [-0.1, -0.05) is 6.08 Å². The molecule has 0 saturated carbocycles. The van der Waals surface area contributed by atoms with Crippen molar-refractivity contribution in [3.8, 4) is 0 Å². The Morgan fingerprint density at radius 3 is 3.08 bits per heavy atom. The summed E-state index contributed by atoms with van der Waals surface area (Å²) in [4.78, 5) is 21.9. The maximum atomic E-state index is 11.2. The Morgan fingerprint density at radius 1 is 1.83 bits per heavy atom. The van der Waals surface area contributed by atoms with Gasteiger partial charge in [0, 0.05) is 13.0 Å². The molecule has 1 fully saturated rings. The summed E-state index contributed by atoms with van der Waals surface area (Å²) in [7, 11) is 0. The first-order chi connectivity index (χ1) is 5.74. The van der Waals surface area contributed by atoms with Crippen LogP contribution >= 0.6 is 0 Å². The number of amides is 2. The van der Waals surface area contributed by atoms with Crippen LogP contribution in [0.4, 0.5) is 0 Å². The first-order valence-corrected chi connectivity index (χ1v) is 3.92. The molecule has 0 spiro atoms. The molecule has 0 radical (unpaired) electrons. The van der Waals surface area contributed by atoms with Crippen LogP contribution in [0.15, 0.2) is 12.7 Å². The van der Waals surface area contributed by atoms with Gasteiger partial charge in [-0.3, -0.25) is 9.59 Å². The molecule has 0 aliphatic carbocycles. The lowest BCUT2D eigenvalue weighted by molar-refractivity contribution is -0.125. The van der Waals surface area contributed by atoms with E-state index in [0.717, 1.165) is 0 Å². The van der Waals surface area contributed by atoms with Gasteiger partial charge in [-0.2, -0.15) is 0 Å². The van der Waals surface area contributed by atoms with E-state index in [4.69, 9.17) is 0 Å². The third-order valence-corrected chi connectivity index (χ3v) is 1.73. The topological polar surface area (TPSA) is 58.2 Å². The molecular weight excluding hydrogens is 156 g/mol. The largest absolute Gasteiger partial charge is 0.351 e. The average Bonchev–Trinajstić information content (AvgIpc) is 2.47. The third kappa shape index (κ3) is 2.08. The van der Waals surface area contributed by atoms with Crippen LogP contribution in [-0.4, -0.2) is 24.4 Å². The van der Waals surface area contributed by atoms with E-state index >= 15 is 0 Å². The molecule has 0 bridgehead atoms. The van der Waals surface area contributed by atoms with Gasteiger partial charge in [-0.25, -0.2) is 0 Å². The summed E-state index contributed by atoms with van der Waals surface area (Å²) in [5.74, 6) is -0.172. The van der Waals surface area contributed by atoms with E-state index in [1.54, 1.807) is 6.08 Å². The Labute approximate surface area is 71.0 Å². The van der Waals surface area contributed by atoms with Gasteiger partial charge in [0.05, 0.1) is 0 Å². The van der Waals surface area contributed by atoms with E-state index in [1.807, 2.05) is 0 Å². The summed E-state index contributed by atoms with van der Waals surface area (Å²) in [6.07, 6.45) is 2.66. The van der Waals surface area contributed by atoms with E-state index in [9.17, 15) is 9.59 Å². The summed E-state index contributed by atoms with van der Waals surface area (Å²) in [6, 6.07) is -0.336. The highest BCUT2D eigenvalue weighted by Crippen LogP contribution is 2.05. The van der Waals surface area contributed by atoms with Crippen molar-refractivity contribution in [3.63, 3.8) is 0 Å². The lowest BCUT2D eigenvalue weighted by atomic mass is 10.2. The van der Waals surface area contributed by atoms with Crippen LogP contribution in [-0.2, 0) is 9.59 Å². The fourth-order valence-corrected chi connectivity index (χ4v) is 1.11. The molecule has 4 heteroatoms. The highest BCUT2D eigenvalue weighted by Gasteiger charge is 2.26. The Bertz CT molecular complexity index is 213. The van der Waals surface area contributed by atoms with E-state index < -0.39 is 0 Å². The average molecular weight is 168 g/mol. The van der Waals surface area contributed by atoms with Crippen molar-refractivity contribution in [2.45, 2.75) is 18.9 Å². The molecule has 0 aromatic heterocycles. The molecule has 1 aliphatic rings. The lowest BCUT2D eigenvalue weighted by Crippen LogP contribution is -2.41. The number of hydrogen-bond donors (Lipinski definition) is 2. The van der Waals surface area contributed by atoms with Gasteiger partial charge in [0.25, 0.3) is 0 Å². The van der Waals surface area contributed by atoms with Crippen molar-refractivity contribution in [2.75, 3.05) is 6.54 Å². The molecule has 2 N–H and O–H groups in total. The van der Waals surface area contributed by atoms with E-state index in [-0.39, 0.29) is 17.9 Å². The molecule has 1 saturated heterocycles. The molecule has 0 aromatic carbocycles. The molecule has 1 atom stereocenters. The van der Waals surface area contributed by atoms with Gasteiger partial charge >= 0.3 is 0 Å². The van der Waals surface area contributed by atoms with Crippen LogP contribution < -0.4 is 10.6 Å². The zero-order chi connectivity index (χ0) is 8.97. The second-order valence-corrected chi connectivity index (χ2v) is 2.69. The van der Waals surface area contributed by atoms with Gasteiger partial charge in [0.15, 0.2) is 0 Å². The molecule has 66 valence electrons. The number of carbonyl (C=O) groups is 2. The number of carbonyl (C=O) groups excluding carboxylic acids is 2. The summed E-state index contributed by atoms with van der Waals surface area (Å²) in [5.41, 5.74) is 0. The minimum absolute atomic E-state index is 0.0475. The fourth-order valence-electron chi connectivity index (χ4n) is 1.11. The van der Waals surface area contributed by atoms with E-state index in [0.29, 0.717) is 19.4 Å². The van der Waals surface area contributed by atoms with Gasteiger partial charge in [-0.05, 0) is 6.42 Å². The van der Waals surface area contributed by atoms with Crippen LogP contribution in [0.1, 0.15) is 12.8 Å². The molecule has 1 heterocycles. The van der Waals surface area contributed by atoms with Crippen molar-refractivity contribution in [1.82, 2.24) is 10.6 Å². The Kier molecular flexibility index (Phi) is 2.85. The number of rotatable bonds is 3. The molecule has 12 heavy (non-hydrogen) atoms. The molecular formula is C8H12N2O2. The molecule has 0 aromatic rings. The second-order valence-electron chi connectivity index (χ2n) is 2.69. The Balaban J connectivity index is 2.32. The van der Waals surface area contributed by atoms with E-state index in [1.165, 1.54) is 0 Å². The van der Waals surface area contributed by atoms with Crippen molar-refractivity contribution in [3.05, 3.63) is 12.7 Å². The molecule has 2 amide bonds. The molecule has 0 unspecified atom stereocenters. The summed E-state index contributed by atoms with van der Waals surface area (Å²) in [6.45, 7) is 3.92. The van der Waals surface area contributed by atoms with Crippen molar-refractivity contribution < 1.29 is 9.59 Å². The van der Waals surface area contributed by atoms with Crippen LogP contribution in [0.25, 0.3) is 0 Å². The van der Waals surface area contributed by atoms with Gasteiger partial charge in [0.2, 0.25) is 11.8 Å². The number of hydrogen-bond acceptors (Lipinski definition) is 2. The van der Waals surface area contributed by atoms with Crippen LogP contribution in [0, 0.1) is 0 Å². The summed E-state index contributed by atoms with van der Waals surface area (Å²) in [5, 5.41) is 5.20. The van der Waals surface area contributed by atoms with Gasteiger partial charge in [-0.15, -0.1) is 6.58 Å². The minimum atomic E-state index is -0.336. The second kappa shape index (κ2) is 3.90. The highest BCUT2D eigenvalue weighted by atomic mass is 16.2. The zero-order valence-electron chi connectivity index (χ0n) is 6.80. The third-order valence-electron chi connectivity index (χ3n) is 1.73. The SMILES string of the molecule is C=CCNC(=O)[C@H]1CCC(=O)N1. The minimum Gasteiger partial charge on any atom is -0.351 e. The first-order valence-electron chi connectivity index (χ1n) is 3.92. The fraction of sp³-hybridized carbons (Fsp3) is 0.500. The van der Waals surface area contributed by atoms with Gasteiger partial charge in [0.1, 0.15) is 6.04 Å². The highest BCUT2D eigenvalue weighted by molar-refractivity contribution is 5.90. The van der Waals surface area contributed by atoms with Crippen LogP contribution in [0.2, 0.25) is 0 Å². The zero-order valence-corrected chi connectivity index (χ0v) is 6.80. The quantitative estimate of drug-likeness (QED) is 0.562. The summed E-state index contributed by atoms with van der Waals surface area (Å²) < 4.78 is 0. The maximum absolute atomic E-state index is 11.2. The normalized spacial score (nSPS) is 21.7. The maximum Gasteiger partial charge on any atom is 0.242 e. The van der Waals surface area contributed by atoms with Crippen LogP contribution in [0.5, 0.6) is 0 Å². The Hall–Kier alpha value is -1.32. The molecule has 1 rings (SSSR count). The van der Waals surface area contributed by atoms with Crippen molar-refractivity contribution >= 4 is 11.8 Å². The summed E-state index contributed by atoms with van der Waals surface area (Å²) >= 11 is 0.